The van der Waals surface area contributed by atoms with Crippen molar-refractivity contribution in [3.63, 3.8) is 0 Å². The summed E-state index contributed by atoms with van der Waals surface area (Å²) in [5.41, 5.74) is -0.412. The number of carbonyl (C=O) groups excluding carboxylic acids is 1. The largest absolute Gasteiger partial charge is 0.435 e. The second-order valence-electron chi connectivity index (χ2n) is 4.31. The van der Waals surface area contributed by atoms with Gasteiger partial charge in [-0.05, 0) is 0 Å². The molecule has 0 rings (SSSR count). The van der Waals surface area contributed by atoms with Crippen LogP contribution in [0.1, 0.15) is 34.6 Å². The van der Waals surface area contributed by atoms with Crippen molar-refractivity contribution < 1.29 is 14.6 Å². The molecule has 0 aliphatic carbocycles. The lowest BCUT2D eigenvalue weighted by Crippen LogP contribution is -2.32. The molecule has 0 saturated carbocycles. The van der Waals surface area contributed by atoms with Crippen molar-refractivity contribution in [1.82, 2.24) is 0 Å². The van der Waals surface area contributed by atoms with Crippen molar-refractivity contribution in [3.05, 3.63) is 0 Å². The summed E-state index contributed by atoms with van der Waals surface area (Å²) < 4.78 is 4.79. The highest BCUT2D eigenvalue weighted by atomic mass is 16.6. The number of hydrogen-bond donors (Lipinski definition) is 1. The van der Waals surface area contributed by atoms with Gasteiger partial charge in [0.2, 0.25) is 6.29 Å². The van der Waals surface area contributed by atoms with E-state index in [1.165, 1.54) is 0 Å². The van der Waals surface area contributed by atoms with Gasteiger partial charge in [-0.15, -0.1) is 0 Å². The zero-order valence-electron chi connectivity index (χ0n) is 8.42. The summed E-state index contributed by atoms with van der Waals surface area (Å²) in [6.45, 7) is 8.90. The molecule has 0 spiro atoms. The summed E-state index contributed by atoms with van der Waals surface area (Å²) in [6, 6.07) is 0. The van der Waals surface area contributed by atoms with Gasteiger partial charge in [-0.25, -0.2) is 0 Å². The average molecular weight is 174 g/mol. The third kappa shape index (κ3) is 3.72. The van der Waals surface area contributed by atoms with E-state index in [0.29, 0.717) is 0 Å². The lowest BCUT2D eigenvalue weighted by molar-refractivity contribution is -0.189. The van der Waals surface area contributed by atoms with Gasteiger partial charge in [-0.1, -0.05) is 34.6 Å². The summed E-state index contributed by atoms with van der Waals surface area (Å²) >= 11 is 0. The smallest absolute Gasteiger partial charge is 0.310 e. The predicted molar refractivity (Wildman–Crippen MR) is 46.4 cm³/mol. The van der Waals surface area contributed by atoms with Gasteiger partial charge in [-0.3, -0.25) is 4.79 Å². The van der Waals surface area contributed by atoms with Crippen molar-refractivity contribution in [1.29, 1.82) is 0 Å². The van der Waals surface area contributed by atoms with Gasteiger partial charge in [0.05, 0.1) is 5.92 Å². The summed E-state index contributed by atoms with van der Waals surface area (Å²) in [5.74, 6) is -0.556. The fraction of sp³-hybridized carbons (Fsp3) is 0.889. The van der Waals surface area contributed by atoms with Crippen LogP contribution in [0, 0.1) is 11.3 Å². The fourth-order valence-corrected chi connectivity index (χ4v) is 0.423. The molecule has 0 amide bonds. The van der Waals surface area contributed by atoms with E-state index < -0.39 is 11.7 Å². The average Bonchev–Trinajstić information content (AvgIpc) is 1.85. The first kappa shape index (κ1) is 11.4. The van der Waals surface area contributed by atoms with Crippen LogP contribution >= 0.6 is 0 Å². The minimum Gasteiger partial charge on any atom is -0.435 e. The molecule has 0 aromatic rings. The van der Waals surface area contributed by atoms with Gasteiger partial charge < -0.3 is 9.84 Å². The molecule has 0 fully saturated rings. The van der Waals surface area contributed by atoms with Crippen molar-refractivity contribution in [2.24, 2.45) is 11.3 Å². The quantitative estimate of drug-likeness (QED) is 0.510. The van der Waals surface area contributed by atoms with Gasteiger partial charge in [0, 0.05) is 5.41 Å². The molecular weight excluding hydrogens is 156 g/mol. The van der Waals surface area contributed by atoms with Crippen molar-refractivity contribution >= 4 is 5.97 Å². The second kappa shape index (κ2) is 3.90. The molecule has 0 radical (unpaired) electrons. The summed E-state index contributed by atoms with van der Waals surface area (Å²) in [5, 5.41) is 9.36. The van der Waals surface area contributed by atoms with Crippen LogP contribution in [0.2, 0.25) is 0 Å². The second-order valence-corrected chi connectivity index (χ2v) is 4.31. The molecule has 3 heteroatoms. The van der Waals surface area contributed by atoms with Crippen molar-refractivity contribution in [2.45, 2.75) is 40.9 Å². The molecule has 0 bridgehead atoms. The zero-order valence-corrected chi connectivity index (χ0v) is 8.42. The van der Waals surface area contributed by atoms with Crippen LogP contribution in [0.15, 0.2) is 0 Å². The Balaban J connectivity index is 4.02. The third-order valence-corrected chi connectivity index (χ3v) is 1.44. The Bertz CT molecular complexity index is 156. The van der Waals surface area contributed by atoms with E-state index in [1.54, 1.807) is 13.8 Å². The van der Waals surface area contributed by atoms with E-state index in [-0.39, 0.29) is 11.9 Å². The van der Waals surface area contributed by atoms with Crippen LogP contribution in [0.5, 0.6) is 0 Å². The Kier molecular flexibility index (Phi) is 3.71. The lowest BCUT2D eigenvalue weighted by Gasteiger charge is -2.25. The summed E-state index contributed by atoms with van der Waals surface area (Å²) in [7, 11) is 0. The maximum atomic E-state index is 11.0. The topological polar surface area (TPSA) is 46.5 Å². The van der Waals surface area contributed by atoms with E-state index >= 15 is 0 Å². The molecule has 1 atom stereocenters. The molecule has 72 valence electrons. The molecule has 0 saturated heterocycles. The van der Waals surface area contributed by atoms with E-state index in [1.807, 2.05) is 20.8 Å². The van der Waals surface area contributed by atoms with Gasteiger partial charge in [0.1, 0.15) is 0 Å². The highest BCUT2D eigenvalue weighted by Crippen LogP contribution is 2.20. The maximum Gasteiger partial charge on any atom is 0.310 e. The molecule has 0 aromatic heterocycles. The summed E-state index contributed by atoms with van der Waals surface area (Å²) in [6.07, 6.45) is -1.02. The number of hydrogen-bond acceptors (Lipinski definition) is 3. The Morgan fingerprint density at radius 2 is 1.75 bits per heavy atom. The fourth-order valence-electron chi connectivity index (χ4n) is 0.423. The monoisotopic (exact) mass is 174 g/mol. The van der Waals surface area contributed by atoms with E-state index in [4.69, 9.17) is 4.74 Å². The first-order valence-corrected chi connectivity index (χ1v) is 4.13. The van der Waals surface area contributed by atoms with Gasteiger partial charge in [-0.2, -0.15) is 0 Å². The molecule has 0 aromatic carbocycles. The zero-order chi connectivity index (χ0) is 9.94. The van der Waals surface area contributed by atoms with E-state index in [2.05, 4.69) is 0 Å². The van der Waals surface area contributed by atoms with E-state index in [0.717, 1.165) is 0 Å². The van der Waals surface area contributed by atoms with Crippen LogP contribution in [-0.4, -0.2) is 17.4 Å². The number of ether oxygens (including phenoxy) is 1. The van der Waals surface area contributed by atoms with Gasteiger partial charge >= 0.3 is 5.97 Å². The Hall–Kier alpha value is -0.570. The van der Waals surface area contributed by atoms with Crippen molar-refractivity contribution in [2.75, 3.05) is 0 Å². The molecule has 1 unspecified atom stereocenters. The number of aliphatic hydroxyl groups is 1. The normalized spacial score (nSPS) is 14.6. The van der Waals surface area contributed by atoms with Gasteiger partial charge in [0.25, 0.3) is 0 Å². The first-order chi connectivity index (χ1) is 5.25. The lowest BCUT2D eigenvalue weighted by atomic mass is 9.96. The van der Waals surface area contributed by atoms with Crippen molar-refractivity contribution in [3.8, 4) is 0 Å². The van der Waals surface area contributed by atoms with Crippen LogP contribution in [0.25, 0.3) is 0 Å². The standard InChI is InChI=1S/C9H18O3/c1-6(2)7(10)12-8(11)9(3,4)5/h6,8,11H,1-5H3. The Morgan fingerprint density at radius 1 is 1.33 bits per heavy atom. The third-order valence-electron chi connectivity index (χ3n) is 1.44. The molecule has 3 nitrogen and oxygen atoms in total. The number of rotatable bonds is 2. The van der Waals surface area contributed by atoms with Crippen LogP contribution in [-0.2, 0) is 9.53 Å². The predicted octanol–water partition coefficient (Wildman–Crippen LogP) is 1.55. The molecule has 0 heterocycles. The molecular formula is C9H18O3. The SMILES string of the molecule is CC(C)C(=O)OC(O)C(C)(C)C. The first-order valence-electron chi connectivity index (χ1n) is 4.13. The molecule has 0 aliphatic rings. The maximum absolute atomic E-state index is 11.0. The number of esters is 1. The number of aliphatic hydroxyl groups excluding tert-OH is 1. The van der Waals surface area contributed by atoms with Crippen LogP contribution in [0.4, 0.5) is 0 Å². The van der Waals surface area contributed by atoms with Gasteiger partial charge in [0.15, 0.2) is 0 Å². The Morgan fingerprint density at radius 3 is 2.00 bits per heavy atom. The minimum atomic E-state index is -1.02. The molecule has 0 aliphatic heterocycles. The highest BCUT2D eigenvalue weighted by Gasteiger charge is 2.26. The van der Waals surface area contributed by atoms with Crippen LogP contribution in [0.3, 0.4) is 0 Å². The molecule has 12 heavy (non-hydrogen) atoms. The number of carbonyl (C=O) groups is 1. The minimum absolute atomic E-state index is 0.193. The van der Waals surface area contributed by atoms with E-state index in [9.17, 15) is 9.90 Å². The van der Waals surface area contributed by atoms with Crippen LogP contribution < -0.4 is 0 Å². The molecule has 1 N–H and O–H groups in total. The Labute approximate surface area is 73.7 Å². The highest BCUT2D eigenvalue weighted by molar-refractivity contribution is 5.71. The summed E-state index contributed by atoms with van der Waals surface area (Å²) in [4.78, 5) is 11.0.